The summed E-state index contributed by atoms with van der Waals surface area (Å²) in [6.45, 7) is 5.99. The van der Waals surface area contributed by atoms with Crippen LogP contribution in [0, 0.1) is 0 Å². The van der Waals surface area contributed by atoms with Crippen molar-refractivity contribution >= 4 is 0 Å². The summed E-state index contributed by atoms with van der Waals surface area (Å²) in [7, 11) is 0. The van der Waals surface area contributed by atoms with Gasteiger partial charge in [0.05, 0.1) is 0 Å². The molecule has 0 aromatic heterocycles. The Labute approximate surface area is 70.8 Å². The maximum Gasteiger partial charge on any atom is 0.101 e. The fourth-order valence-electron chi connectivity index (χ4n) is 1.10. The standard InChI is InChI=1S/C10H21O/c1-4-6-7-8-9-10(3,11)5-2/h4-9H2,1-3H3. The maximum atomic E-state index is 11.4. The third-order valence-electron chi connectivity index (χ3n) is 2.31. The topological polar surface area (TPSA) is 19.9 Å². The highest BCUT2D eigenvalue weighted by molar-refractivity contribution is 4.68. The molecule has 0 saturated heterocycles. The summed E-state index contributed by atoms with van der Waals surface area (Å²) in [5.41, 5.74) is -0.659. The molecule has 0 aromatic rings. The van der Waals surface area contributed by atoms with Crippen LogP contribution in [0.15, 0.2) is 0 Å². The predicted octanol–water partition coefficient (Wildman–Crippen LogP) is 3.56. The van der Waals surface area contributed by atoms with Gasteiger partial charge < -0.3 is 0 Å². The van der Waals surface area contributed by atoms with E-state index in [1.54, 1.807) is 0 Å². The molecule has 1 unspecified atom stereocenters. The predicted molar refractivity (Wildman–Crippen MR) is 48.1 cm³/mol. The largest absolute Gasteiger partial charge is 0.230 e. The minimum absolute atomic E-state index is 0.659. The molecule has 0 N–H and O–H groups in total. The average molecular weight is 157 g/mol. The van der Waals surface area contributed by atoms with E-state index < -0.39 is 5.60 Å². The van der Waals surface area contributed by atoms with Gasteiger partial charge in [-0.1, -0.05) is 39.5 Å². The molecule has 0 aliphatic rings. The van der Waals surface area contributed by atoms with Crippen molar-refractivity contribution in [2.45, 2.75) is 64.9 Å². The third-order valence-corrected chi connectivity index (χ3v) is 2.31. The Morgan fingerprint density at radius 1 is 1.09 bits per heavy atom. The molecule has 0 rings (SSSR count). The van der Waals surface area contributed by atoms with Crippen molar-refractivity contribution in [2.24, 2.45) is 0 Å². The smallest absolute Gasteiger partial charge is 0.101 e. The summed E-state index contributed by atoms with van der Waals surface area (Å²) >= 11 is 0. The first-order valence-corrected chi connectivity index (χ1v) is 4.83. The van der Waals surface area contributed by atoms with Crippen LogP contribution in [0.1, 0.15) is 59.3 Å². The van der Waals surface area contributed by atoms with Crippen molar-refractivity contribution < 1.29 is 5.11 Å². The summed E-state index contributed by atoms with van der Waals surface area (Å²) in [6, 6.07) is 0. The normalized spacial score (nSPS) is 16.4. The quantitative estimate of drug-likeness (QED) is 0.525. The summed E-state index contributed by atoms with van der Waals surface area (Å²) < 4.78 is 0. The zero-order valence-electron chi connectivity index (χ0n) is 8.15. The molecule has 0 aliphatic heterocycles. The van der Waals surface area contributed by atoms with Crippen LogP contribution in [0.2, 0.25) is 0 Å². The van der Waals surface area contributed by atoms with E-state index in [-0.39, 0.29) is 0 Å². The first-order valence-electron chi connectivity index (χ1n) is 4.83. The lowest BCUT2D eigenvalue weighted by Gasteiger charge is -2.17. The first kappa shape index (κ1) is 11.0. The van der Waals surface area contributed by atoms with E-state index in [0.29, 0.717) is 0 Å². The number of hydrogen-bond donors (Lipinski definition) is 0. The molecule has 1 nitrogen and oxygen atoms in total. The van der Waals surface area contributed by atoms with Crippen LogP contribution in [0.4, 0.5) is 0 Å². The van der Waals surface area contributed by atoms with E-state index >= 15 is 0 Å². The number of rotatable bonds is 6. The van der Waals surface area contributed by atoms with Gasteiger partial charge in [-0.15, -0.1) is 0 Å². The van der Waals surface area contributed by atoms with E-state index in [9.17, 15) is 5.11 Å². The second-order valence-corrected chi connectivity index (χ2v) is 3.61. The molecule has 67 valence electrons. The summed E-state index contributed by atoms with van der Waals surface area (Å²) in [5.74, 6) is 0. The Balaban J connectivity index is 3.23. The molecule has 1 heteroatoms. The van der Waals surface area contributed by atoms with Gasteiger partial charge in [-0.2, -0.15) is 0 Å². The highest BCUT2D eigenvalue weighted by Gasteiger charge is 2.18. The Hall–Kier alpha value is -0.0400. The molecular formula is C10H21O. The second-order valence-electron chi connectivity index (χ2n) is 3.61. The van der Waals surface area contributed by atoms with Crippen LogP contribution in [-0.4, -0.2) is 5.60 Å². The zero-order chi connectivity index (χ0) is 8.74. The van der Waals surface area contributed by atoms with E-state index in [1.165, 1.54) is 19.3 Å². The van der Waals surface area contributed by atoms with Gasteiger partial charge in [0.15, 0.2) is 0 Å². The fraction of sp³-hybridized carbons (Fsp3) is 1.00. The van der Waals surface area contributed by atoms with Crippen molar-refractivity contribution in [1.29, 1.82) is 0 Å². The minimum Gasteiger partial charge on any atom is -0.230 e. The van der Waals surface area contributed by atoms with Crippen molar-refractivity contribution in [2.75, 3.05) is 0 Å². The first-order chi connectivity index (χ1) is 5.12. The molecule has 0 fully saturated rings. The molecule has 0 aliphatic carbocycles. The number of hydrogen-bond acceptors (Lipinski definition) is 0. The fourth-order valence-corrected chi connectivity index (χ4v) is 1.10. The van der Waals surface area contributed by atoms with Gasteiger partial charge in [0.25, 0.3) is 0 Å². The molecule has 0 bridgehead atoms. The Bertz CT molecular complexity index is 86.9. The molecule has 11 heavy (non-hydrogen) atoms. The lowest BCUT2D eigenvalue weighted by atomic mass is 9.95. The monoisotopic (exact) mass is 157 g/mol. The average Bonchev–Trinajstić information content (AvgIpc) is 1.99. The zero-order valence-corrected chi connectivity index (χ0v) is 8.15. The highest BCUT2D eigenvalue weighted by atomic mass is 16.3. The highest BCUT2D eigenvalue weighted by Crippen LogP contribution is 2.18. The lowest BCUT2D eigenvalue weighted by molar-refractivity contribution is -0.0251. The Morgan fingerprint density at radius 2 is 1.73 bits per heavy atom. The molecule has 0 amide bonds. The minimum atomic E-state index is -0.659. The van der Waals surface area contributed by atoms with Gasteiger partial charge in [-0.05, 0) is 19.8 Å². The molecule has 1 radical (unpaired) electrons. The van der Waals surface area contributed by atoms with Gasteiger partial charge in [-0.3, -0.25) is 0 Å². The van der Waals surface area contributed by atoms with Crippen molar-refractivity contribution in [1.82, 2.24) is 0 Å². The molecule has 0 spiro atoms. The van der Waals surface area contributed by atoms with Crippen LogP contribution in [-0.2, 0) is 5.11 Å². The van der Waals surface area contributed by atoms with Crippen LogP contribution in [0.3, 0.4) is 0 Å². The van der Waals surface area contributed by atoms with E-state index in [1.807, 2.05) is 13.8 Å². The van der Waals surface area contributed by atoms with Crippen LogP contribution in [0.5, 0.6) is 0 Å². The van der Waals surface area contributed by atoms with Crippen LogP contribution in [0.25, 0.3) is 0 Å². The Kier molecular flexibility index (Phi) is 5.57. The second kappa shape index (κ2) is 5.59. The van der Waals surface area contributed by atoms with Crippen LogP contribution < -0.4 is 0 Å². The molecule has 0 heterocycles. The molecule has 1 atom stereocenters. The van der Waals surface area contributed by atoms with E-state index in [2.05, 4.69) is 6.92 Å². The summed E-state index contributed by atoms with van der Waals surface area (Å²) in [5, 5.41) is 11.4. The van der Waals surface area contributed by atoms with Gasteiger partial charge in [0, 0.05) is 0 Å². The molecular weight excluding hydrogens is 136 g/mol. The SMILES string of the molecule is CCCCCCC(C)([O])CC. The van der Waals surface area contributed by atoms with Gasteiger partial charge in [0.1, 0.15) is 5.60 Å². The Morgan fingerprint density at radius 3 is 2.18 bits per heavy atom. The van der Waals surface area contributed by atoms with E-state index in [4.69, 9.17) is 0 Å². The third kappa shape index (κ3) is 6.36. The van der Waals surface area contributed by atoms with E-state index in [0.717, 1.165) is 19.3 Å². The van der Waals surface area contributed by atoms with Crippen molar-refractivity contribution in [3.8, 4) is 0 Å². The van der Waals surface area contributed by atoms with Gasteiger partial charge >= 0.3 is 0 Å². The maximum absolute atomic E-state index is 11.4. The number of unbranched alkanes of at least 4 members (excludes halogenated alkanes) is 3. The summed E-state index contributed by atoms with van der Waals surface area (Å²) in [6.07, 6.45) is 6.49. The van der Waals surface area contributed by atoms with Crippen molar-refractivity contribution in [3.05, 3.63) is 0 Å². The van der Waals surface area contributed by atoms with Gasteiger partial charge in [0.2, 0.25) is 0 Å². The molecule has 0 aromatic carbocycles. The lowest BCUT2D eigenvalue weighted by Crippen LogP contribution is -2.20. The van der Waals surface area contributed by atoms with Gasteiger partial charge in [-0.25, -0.2) is 5.11 Å². The van der Waals surface area contributed by atoms with Crippen molar-refractivity contribution in [3.63, 3.8) is 0 Å². The van der Waals surface area contributed by atoms with Crippen LogP contribution >= 0.6 is 0 Å². The molecule has 0 saturated carbocycles. The summed E-state index contributed by atoms with van der Waals surface area (Å²) in [4.78, 5) is 0.